The van der Waals surface area contributed by atoms with Crippen molar-refractivity contribution in [3.8, 4) is 0 Å². The van der Waals surface area contributed by atoms with Crippen LogP contribution in [0.15, 0.2) is 12.3 Å². The Hall–Kier alpha value is -1.52. The number of nitrogen functional groups attached to an aromatic ring is 1. The normalized spacial score (nSPS) is 9.33. The van der Waals surface area contributed by atoms with Crippen LogP contribution in [0.3, 0.4) is 0 Å². The number of hydrogen-bond acceptors (Lipinski definition) is 3. The van der Waals surface area contributed by atoms with Gasteiger partial charge in [-0.05, 0) is 0 Å². The third kappa shape index (κ3) is 0.835. The summed E-state index contributed by atoms with van der Waals surface area (Å²) in [6, 6.07) is 1.41. The largest absolute Gasteiger partial charge is 0.463 e. The lowest BCUT2D eigenvalue weighted by molar-refractivity contribution is 0.193. The number of nitrogens with two attached hydrogens (primary N) is 1. The van der Waals surface area contributed by atoms with E-state index in [1.54, 1.807) is 0 Å². The minimum Gasteiger partial charge on any atom is -0.463 e. The summed E-state index contributed by atoms with van der Waals surface area (Å²) in [5, 5.41) is 11.7. The lowest BCUT2D eigenvalue weighted by Crippen LogP contribution is -2.12. The zero-order chi connectivity index (χ0) is 6.85. The van der Waals surface area contributed by atoms with E-state index in [1.165, 1.54) is 12.3 Å². The number of carboxylic acid groups (broad SMARTS) is 1. The second-order valence-corrected chi connectivity index (χ2v) is 1.45. The number of aromatic nitrogens is 2. The van der Waals surface area contributed by atoms with E-state index >= 15 is 0 Å². The molecule has 1 heterocycles. The van der Waals surface area contributed by atoms with Gasteiger partial charge in [0.2, 0.25) is 0 Å². The molecule has 0 aliphatic rings. The van der Waals surface area contributed by atoms with Crippen LogP contribution in [0.5, 0.6) is 0 Å². The predicted octanol–water partition coefficient (Wildman–Crippen LogP) is -0.00860. The van der Waals surface area contributed by atoms with Crippen LogP contribution in [0.25, 0.3) is 0 Å². The minimum atomic E-state index is -1.17. The van der Waals surface area contributed by atoms with Crippen LogP contribution in [-0.4, -0.2) is 21.0 Å². The summed E-state index contributed by atoms with van der Waals surface area (Å²) >= 11 is 0. The van der Waals surface area contributed by atoms with Gasteiger partial charge in [0.05, 0.1) is 6.20 Å². The number of rotatable bonds is 0. The molecule has 1 aromatic rings. The highest BCUT2D eigenvalue weighted by Crippen LogP contribution is 1.96. The average molecular weight is 127 g/mol. The Morgan fingerprint density at radius 2 is 2.56 bits per heavy atom. The van der Waals surface area contributed by atoms with E-state index in [2.05, 4.69) is 5.10 Å². The number of hydrogen-bond donors (Lipinski definition) is 2. The van der Waals surface area contributed by atoms with Gasteiger partial charge in [-0.2, -0.15) is 5.10 Å². The summed E-state index contributed by atoms with van der Waals surface area (Å²) < 4.78 is 0.694. The Kier molecular flexibility index (Phi) is 1.11. The van der Waals surface area contributed by atoms with Gasteiger partial charge in [-0.1, -0.05) is 0 Å². The average Bonchev–Trinajstić information content (AvgIpc) is 2.13. The third-order valence-corrected chi connectivity index (χ3v) is 0.853. The molecule has 5 heteroatoms. The maximum absolute atomic E-state index is 10.1. The molecule has 0 aromatic carbocycles. The van der Waals surface area contributed by atoms with Crippen molar-refractivity contribution in [2.45, 2.75) is 0 Å². The van der Waals surface area contributed by atoms with Crippen molar-refractivity contribution >= 4 is 11.9 Å². The van der Waals surface area contributed by atoms with Crippen molar-refractivity contribution < 1.29 is 9.90 Å². The second-order valence-electron chi connectivity index (χ2n) is 1.45. The molecule has 48 valence electrons. The lowest BCUT2D eigenvalue weighted by Gasteiger charge is -1.91. The van der Waals surface area contributed by atoms with Crippen molar-refractivity contribution in [1.82, 2.24) is 9.78 Å². The van der Waals surface area contributed by atoms with Gasteiger partial charge in [0, 0.05) is 6.07 Å². The molecule has 0 radical (unpaired) electrons. The molecule has 0 aliphatic carbocycles. The second kappa shape index (κ2) is 1.77. The summed E-state index contributed by atoms with van der Waals surface area (Å²) in [4.78, 5) is 10.1. The van der Waals surface area contributed by atoms with Gasteiger partial charge in [-0.25, -0.2) is 4.79 Å². The summed E-state index contributed by atoms with van der Waals surface area (Å²) in [7, 11) is 0. The van der Waals surface area contributed by atoms with Crippen molar-refractivity contribution in [3.63, 3.8) is 0 Å². The molecule has 0 saturated heterocycles. The van der Waals surface area contributed by atoms with Crippen LogP contribution in [0.4, 0.5) is 10.6 Å². The first kappa shape index (κ1) is 5.61. The standard InChI is InChI=1S/C4H5N3O2/c5-3-1-2-6-7(3)4(8)9/h1-2H,5H2,(H,8,9). The maximum atomic E-state index is 10.1. The Bertz CT molecular complexity index is 229. The van der Waals surface area contributed by atoms with Crippen molar-refractivity contribution in [3.05, 3.63) is 12.3 Å². The molecule has 0 saturated carbocycles. The highest BCUT2D eigenvalue weighted by atomic mass is 16.4. The van der Waals surface area contributed by atoms with Gasteiger partial charge in [-0.3, -0.25) is 0 Å². The summed E-state index contributed by atoms with van der Waals surface area (Å²) in [5.74, 6) is 0.127. The lowest BCUT2D eigenvalue weighted by atomic mass is 10.7. The zero-order valence-electron chi connectivity index (χ0n) is 4.48. The molecule has 0 fully saturated rings. The van der Waals surface area contributed by atoms with Gasteiger partial charge in [0.1, 0.15) is 5.82 Å². The topological polar surface area (TPSA) is 81.1 Å². The van der Waals surface area contributed by atoms with Crippen molar-refractivity contribution in [2.24, 2.45) is 0 Å². The fraction of sp³-hybridized carbons (Fsp3) is 0. The first-order valence-electron chi connectivity index (χ1n) is 2.24. The van der Waals surface area contributed by atoms with Crippen LogP contribution < -0.4 is 5.73 Å². The van der Waals surface area contributed by atoms with Gasteiger partial charge < -0.3 is 10.8 Å². The van der Waals surface area contributed by atoms with E-state index in [0.29, 0.717) is 4.68 Å². The molecule has 0 unspecified atom stereocenters. The molecule has 1 aromatic heterocycles. The molecule has 5 nitrogen and oxygen atoms in total. The number of nitrogens with zero attached hydrogens (tertiary/aromatic N) is 2. The molecule has 0 spiro atoms. The Morgan fingerprint density at radius 1 is 1.89 bits per heavy atom. The van der Waals surface area contributed by atoms with Crippen LogP contribution in [0.2, 0.25) is 0 Å². The molecular formula is C4H5N3O2. The minimum absolute atomic E-state index is 0.127. The van der Waals surface area contributed by atoms with E-state index < -0.39 is 6.09 Å². The van der Waals surface area contributed by atoms with E-state index in [1.807, 2.05) is 0 Å². The first-order valence-corrected chi connectivity index (χ1v) is 2.24. The molecule has 0 amide bonds. The highest BCUT2D eigenvalue weighted by molar-refractivity contribution is 5.70. The van der Waals surface area contributed by atoms with E-state index in [-0.39, 0.29) is 5.82 Å². The van der Waals surface area contributed by atoms with E-state index in [9.17, 15) is 4.79 Å². The number of carbonyl (C=O) groups is 1. The summed E-state index contributed by atoms with van der Waals surface area (Å²) in [6.07, 6.45) is 0.154. The predicted molar refractivity (Wildman–Crippen MR) is 30.1 cm³/mol. The van der Waals surface area contributed by atoms with Gasteiger partial charge in [0.25, 0.3) is 0 Å². The monoisotopic (exact) mass is 127 g/mol. The Morgan fingerprint density at radius 3 is 2.78 bits per heavy atom. The molecule has 3 N–H and O–H groups in total. The molecule has 9 heavy (non-hydrogen) atoms. The molecule has 0 bridgehead atoms. The van der Waals surface area contributed by atoms with Crippen LogP contribution in [0.1, 0.15) is 0 Å². The SMILES string of the molecule is Nc1ccnn1C(=O)O. The van der Waals surface area contributed by atoms with Crippen LogP contribution in [-0.2, 0) is 0 Å². The molecular weight excluding hydrogens is 122 g/mol. The highest BCUT2D eigenvalue weighted by Gasteiger charge is 2.02. The fourth-order valence-corrected chi connectivity index (χ4v) is 0.473. The van der Waals surface area contributed by atoms with Gasteiger partial charge in [-0.15, -0.1) is 4.68 Å². The van der Waals surface area contributed by atoms with Crippen molar-refractivity contribution in [2.75, 3.05) is 5.73 Å². The first-order chi connectivity index (χ1) is 4.22. The summed E-state index contributed by atoms with van der Waals surface area (Å²) in [6.45, 7) is 0. The maximum Gasteiger partial charge on any atom is 0.434 e. The van der Waals surface area contributed by atoms with E-state index in [4.69, 9.17) is 10.8 Å². The van der Waals surface area contributed by atoms with Gasteiger partial charge >= 0.3 is 6.09 Å². The van der Waals surface area contributed by atoms with Crippen LogP contribution in [0, 0.1) is 0 Å². The quantitative estimate of drug-likeness (QED) is 0.513. The Labute approximate surface area is 50.7 Å². The molecule has 0 aliphatic heterocycles. The van der Waals surface area contributed by atoms with E-state index in [0.717, 1.165) is 0 Å². The Balaban J connectivity index is 3.08. The van der Waals surface area contributed by atoms with Gasteiger partial charge in [0.15, 0.2) is 0 Å². The molecule has 1 rings (SSSR count). The van der Waals surface area contributed by atoms with Crippen LogP contribution >= 0.6 is 0 Å². The summed E-state index contributed by atoms with van der Waals surface area (Å²) in [5.41, 5.74) is 5.16. The molecule has 0 atom stereocenters. The number of anilines is 1. The smallest absolute Gasteiger partial charge is 0.434 e. The van der Waals surface area contributed by atoms with Crippen molar-refractivity contribution in [1.29, 1.82) is 0 Å². The zero-order valence-corrected chi connectivity index (χ0v) is 4.48. The third-order valence-electron chi connectivity index (χ3n) is 0.853. The fourth-order valence-electron chi connectivity index (χ4n) is 0.473.